The summed E-state index contributed by atoms with van der Waals surface area (Å²) in [7, 11) is 0. The molecule has 0 saturated heterocycles. The van der Waals surface area contributed by atoms with Gasteiger partial charge < -0.3 is 10.1 Å². The SMILES string of the molecule is CC.CC.CC(C)c1nc2c(c(C(C)C)n1)CSCC2.Cc1nc2c(c(C(C)C)n1)COCCN2. The summed E-state index contributed by atoms with van der Waals surface area (Å²) in [6.07, 6.45) is 1.11. The molecule has 198 valence electrons. The highest BCUT2D eigenvalue weighted by atomic mass is 32.2. The van der Waals surface area contributed by atoms with Gasteiger partial charge in [0.05, 0.1) is 24.6 Å². The maximum absolute atomic E-state index is 5.51. The Labute approximate surface area is 218 Å². The molecule has 0 aliphatic carbocycles. The third-order valence-corrected chi connectivity index (χ3v) is 6.40. The van der Waals surface area contributed by atoms with Gasteiger partial charge in [-0.3, -0.25) is 0 Å². The number of rotatable bonds is 3. The van der Waals surface area contributed by atoms with Crippen LogP contribution in [0.25, 0.3) is 0 Å². The minimum atomic E-state index is 0.406. The summed E-state index contributed by atoms with van der Waals surface area (Å²) in [6, 6.07) is 0. The van der Waals surface area contributed by atoms with Gasteiger partial charge in [0.1, 0.15) is 17.5 Å². The number of nitrogens with zero attached hydrogens (tertiary/aromatic N) is 4. The van der Waals surface area contributed by atoms with Gasteiger partial charge in [0.25, 0.3) is 0 Å². The highest BCUT2D eigenvalue weighted by molar-refractivity contribution is 7.98. The molecule has 2 aromatic rings. The summed E-state index contributed by atoms with van der Waals surface area (Å²) in [5.74, 6) is 6.44. The lowest BCUT2D eigenvalue weighted by molar-refractivity contribution is 0.133. The first kappa shape index (κ1) is 31.3. The second-order valence-electron chi connectivity index (χ2n) is 9.12. The van der Waals surface area contributed by atoms with Crippen LogP contribution in [0.15, 0.2) is 0 Å². The number of aromatic nitrogens is 4. The maximum Gasteiger partial charge on any atom is 0.135 e. The molecule has 0 amide bonds. The van der Waals surface area contributed by atoms with Crippen LogP contribution in [0.2, 0.25) is 0 Å². The summed E-state index contributed by atoms with van der Waals surface area (Å²) in [5, 5.41) is 3.29. The van der Waals surface area contributed by atoms with Crippen LogP contribution in [-0.2, 0) is 23.5 Å². The lowest BCUT2D eigenvalue weighted by Gasteiger charge is -2.21. The molecule has 0 spiro atoms. The van der Waals surface area contributed by atoms with Gasteiger partial charge >= 0.3 is 0 Å². The molecule has 1 N–H and O–H groups in total. The van der Waals surface area contributed by atoms with Crippen LogP contribution in [0.4, 0.5) is 5.82 Å². The fourth-order valence-electron chi connectivity index (χ4n) is 3.81. The van der Waals surface area contributed by atoms with Crippen LogP contribution < -0.4 is 5.32 Å². The number of hydrogen-bond donors (Lipinski definition) is 1. The van der Waals surface area contributed by atoms with Crippen molar-refractivity contribution >= 4 is 17.6 Å². The van der Waals surface area contributed by atoms with Crippen molar-refractivity contribution in [3.8, 4) is 0 Å². The van der Waals surface area contributed by atoms with Gasteiger partial charge in [-0.05, 0) is 30.9 Å². The molecule has 0 radical (unpaired) electrons. The number of hydrogen-bond acceptors (Lipinski definition) is 7. The first-order chi connectivity index (χ1) is 16.8. The van der Waals surface area contributed by atoms with Crippen molar-refractivity contribution in [2.24, 2.45) is 0 Å². The first-order valence-electron chi connectivity index (χ1n) is 13.4. The van der Waals surface area contributed by atoms with Crippen LogP contribution in [0.3, 0.4) is 0 Å². The van der Waals surface area contributed by atoms with E-state index >= 15 is 0 Å². The van der Waals surface area contributed by atoms with Crippen molar-refractivity contribution in [1.29, 1.82) is 0 Å². The Hall–Kier alpha value is -1.73. The Morgan fingerprint density at radius 2 is 1.43 bits per heavy atom. The van der Waals surface area contributed by atoms with Crippen LogP contribution in [0.1, 0.15) is 127 Å². The number of nitrogens with one attached hydrogen (secondary N) is 1. The molecule has 0 aromatic carbocycles. The molecule has 0 saturated carbocycles. The molecule has 0 bridgehead atoms. The highest BCUT2D eigenvalue weighted by Crippen LogP contribution is 2.30. The third-order valence-electron chi connectivity index (χ3n) is 5.42. The maximum atomic E-state index is 5.51. The van der Waals surface area contributed by atoms with Gasteiger partial charge in [0.2, 0.25) is 0 Å². The van der Waals surface area contributed by atoms with Crippen molar-refractivity contribution in [1.82, 2.24) is 19.9 Å². The van der Waals surface area contributed by atoms with Crippen molar-refractivity contribution in [3.63, 3.8) is 0 Å². The standard InChI is InChI=1S/C13H20N2S.C11H17N3O.2C2H6/c1-8(2)12-10-7-16-6-5-11(10)14-13(15-12)9(3)4;1-7(2)10-9-6-15-5-4-12-11(9)14-8(3)13-10;2*1-2/h8-9H,5-7H2,1-4H3;7H,4-6H2,1-3H3,(H,12,13,14);2*1-2H3. The van der Waals surface area contributed by atoms with Gasteiger partial charge in [0.15, 0.2) is 0 Å². The summed E-state index contributed by atoms with van der Waals surface area (Å²) >= 11 is 2.00. The number of anilines is 1. The van der Waals surface area contributed by atoms with Crippen LogP contribution in [0.5, 0.6) is 0 Å². The topological polar surface area (TPSA) is 72.8 Å². The molecule has 2 aliphatic rings. The van der Waals surface area contributed by atoms with Crippen molar-refractivity contribution in [2.75, 3.05) is 24.2 Å². The smallest absolute Gasteiger partial charge is 0.135 e. The largest absolute Gasteiger partial charge is 0.375 e. The lowest BCUT2D eigenvalue weighted by Crippen LogP contribution is -2.15. The zero-order valence-electron chi connectivity index (χ0n) is 24.1. The third kappa shape index (κ3) is 9.02. The Morgan fingerprint density at radius 3 is 2.03 bits per heavy atom. The highest BCUT2D eigenvalue weighted by Gasteiger charge is 2.20. The van der Waals surface area contributed by atoms with E-state index in [1.165, 1.54) is 22.7 Å². The Kier molecular flexibility index (Phi) is 14.4. The minimum Gasteiger partial charge on any atom is -0.375 e. The second-order valence-corrected chi connectivity index (χ2v) is 10.2. The molecule has 0 atom stereocenters. The van der Waals surface area contributed by atoms with Gasteiger partial charge in [-0.15, -0.1) is 0 Å². The van der Waals surface area contributed by atoms with E-state index in [0.29, 0.717) is 24.4 Å². The lowest BCUT2D eigenvalue weighted by atomic mass is 10.0. The summed E-state index contributed by atoms with van der Waals surface area (Å²) in [5.41, 5.74) is 6.22. The van der Waals surface area contributed by atoms with Crippen molar-refractivity contribution < 1.29 is 4.74 Å². The average Bonchev–Trinajstić information content (AvgIpc) is 3.11. The van der Waals surface area contributed by atoms with Crippen molar-refractivity contribution in [3.05, 3.63) is 39.9 Å². The average molecular weight is 504 g/mol. The monoisotopic (exact) mass is 503 g/mol. The fraction of sp³-hybridized carbons (Fsp3) is 0.714. The minimum absolute atomic E-state index is 0.406. The Morgan fingerprint density at radius 1 is 0.800 bits per heavy atom. The second kappa shape index (κ2) is 16.1. The quantitative estimate of drug-likeness (QED) is 0.467. The number of thioether (sulfide) groups is 1. The molecular formula is C28H49N5OS. The van der Waals surface area contributed by atoms with E-state index < -0.39 is 0 Å². The molecule has 7 heteroatoms. The van der Waals surface area contributed by atoms with Crippen molar-refractivity contribution in [2.45, 2.75) is 113 Å². The van der Waals surface area contributed by atoms with Gasteiger partial charge in [-0.25, -0.2) is 19.9 Å². The van der Waals surface area contributed by atoms with E-state index in [1.54, 1.807) is 0 Å². The molecule has 2 aromatic heterocycles. The van der Waals surface area contributed by atoms with E-state index in [0.717, 1.165) is 54.0 Å². The number of aryl methyl sites for hydroxylation is 2. The zero-order chi connectivity index (χ0) is 26.5. The Bertz CT molecular complexity index is 899. The van der Waals surface area contributed by atoms with Crippen LogP contribution >= 0.6 is 11.8 Å². The molecule has 6 nitrogen and oxygen atoms in total. The van der Waals surface area contributed by atoms with E-state index in [1.807, 2.05) is 46.4 Å². The summed E-state index contributed by atoms with van der Waals surface area (Å²) < 4.78 is 5.51. The van der Waals surface area contributed by atoms with E-state index in [4.69, 9.17) is 14.7 Å². The molecule has 0 fully saturated rings. The van der Waals surface area contributed by atoms with Gasteiger partial charge in [-0.1, -0.05) is 69.2 Å². The summed E-state index contributed by atoms with van der Waals surface area (Å²) in [6.45, 7) is 25.2. The van der Waals surface area contributed by atoms with E-state index in [2.05, 4.69) is 56.8 Å². The molecule has 4 rings (SSSR count). The molecular weight excluding hydrogens is 454 g/mol. The number of ether oxygens (including phenoxy) is 1. The number of fused-ring (bicyclic) bond motifs is 2. The first-order valence-corrected chi connectivity index (χ1v) is 14.6. The normalized spacial score (nSPS) is 14.2. The molecule has 2 aliphatic heterocycles. The van der Waals surface area contributed by atoms with E-state index in [-0.39, 0.29) is 0 Å². The molecule has 0 unspecified atom stereocenters. The zero-order valence-corrected chi connectivity index (χ0v) is 24.9. The predicted molar refractivity (Wildman–Crippen MR) is 152 cm³/mol. The Balaban J connectivity index is 0.000000307. The molecule has 4 heterocycles. The van der Waals surface area contributed by atoms with Gasteiger partial charge in [-0.2, -0.15) is 11.8 Å². The predicted octanol–water partition coefficient (Wildman–Crippen LogP) is 7.42. The van der Waals surface area contributed by atoms with Gasteiger partial charge in [0, 0.05) is 35.0 Å². The van der Waals surface area contributed by atoms with E-state index in [9.17, 15) is 0 Å². The summed E-state index contributed by atoms with van der Waals surface area (Å²) in [4.78, 5) is 18.4. The van der Waals surface area contributed by atoms with Crippen LogP contribution in [0, 0.1) is 6.92 Å². The molecule has 35 heavy (non-hydrogen) atoms. The van der Waals surface area contributed by atoms with Crippen LogP contribution in [-0.4, -0.2) is 38.8 Å². The fourth-order valence-corrected chi connectivity index (χ4v) is 4.81.